The monoisotopic (exact) mass is 1270 g/mol. The maximum atomic E-state index is 2.53. The Balaban J connectivity index is 0.731. The van der Waals surface area contributed by atoms with Crippen LogP contribution in [0, 0.1) is 20.8 Å². The predicted molar refractivity (Wildman–Crippen MR) is 429 cm³/mol. The summed E-state index contributed by atoms with van der Waals surface area (Å²) in [6.45, 7) is 7.02. The average molecular weight is 1270 g/mol. The summed E-state index contributed by atoms with van der Waals surface area (Å²) in [7, 11) is 0. The van der Waals surface area contributed by atoms with Gasteiger partial charge in [-0.2, -0.15) is 0 Å². The lowest BCUT2D eigenvalue weighted by molar-refractivity contribution is 1.17. The van der Waals surface area contributed by atoms with Gasteiger partial charge in [0.2, 0.25) is 20.1 Å². The first-order chi connectivity index (χ1) is 49.4. The van der Waals surface area contributed by atoms with Crippen molar-refractivity contribution in [3.05, 3.63) is 344 Å². The number of hydrogen-bond donors (Lipinski definition) is 0. The van der Waals surface area contributed by atoms with Crippen LogP contribution in [0.25, 0.3) is 132 Å². The fourth-order valence-corrected chi connectivity index (χ4v) is 18.6. The van der Waals surface area contributed by atoms with Crippen molar-refractivity contribution in [3.8, 4) is 45.0 Å². The first kappa shape index (κ1) is 56.8. The molecule has 0 N–H and O–H groups in total. The second-order valence-electron chi connectivity index (χ2n) is 28.0. The van der Waals surface area contributed by atoms with Crippen LogP contribution in [0.1, 0.15) is 16.7 Å². The number of para-hydroxylation sites is 4. The molecule has 4 nitrogen and oxygen atoms in total. The van der Waals surface area contributed by atoms with E-state index in [-0.39, 0.29) is 20.1 Å². The van der Waals surface area contributed by atoms with E-state index in [2.05, 4.69) is 367 Å². The van der Waals surface area contributed by atoms with Gasteiger partial charge in [0.1, 0.15) is 0 Å². The number of rotatable bonds is 9. The number of fused-ring (bicyclic) bond motifs is 18. The largest absolute Gasteiger partial charge is 0.309 e. The number of aromatic nitrogens is 4. The van der Waals surface area contributed by atoms with Gasteiger partial charge in [0, 0.05) is 65.8 Å². The van der Waals surface area contributed by atoms with E-state index in [9.17, 15) is 0 Å². The first-order valence-corrected chi connectivity index (χ1v) is 35.1. The van der Waals surface area contributed by atoms with Crippen molar-refractivity contribution in [2.75, 3.05) is 0 Å². The van der Waals surface area contributed by atoms with Gasteiger partial charge in [0.05, 0.1) is 44.1 Å². The molecule has 19 aromatic rings. The molecule has 4 aromatic heterocycles. The van der Waals surface area contributed by atoms with Gasteiger partial charge in [-0.1, -0.05) is 296 Å². The maximum absolute atomic E-state index is 2.53. The van der Waals surface area contributed by atoms with Gasteiger partial charge < -0.3 is 18.3 Å². The molecule has 7 heteroatoms. The van der Waals surface area contributed by atoms with Gasteiger partial charge in [0.25, 0.3) is 0 Å². The van der Waals surface area contributed by atoms with Gasteiger partial charge >= 0.3 is 0 Å². The maximum Gasteiger partial charge on any atom is 0.242 e. The Kier molecular flexibility index (Phi) is 12.4. The number of nitrogens with zero attached hydrogens (tertiary/aromatic N) is 4. The zero-order valence-corrected chi connectivity index (χ0v) is 55.7. The molecular weight excluding hydrogens is 1210 g/mol. The van der Waals surface area contributed by atoms with Crippen molar-refractivity contribution in [1.29, 1.82) is 0 Å². The summed E-state index contributed by atoms with van der Waals surface area (Å²) >= 11 is 0. The van der Waals surface area contributed by atoms with Crippen molar-refractivity contribution in [1.82, 2.24) is 18.3 Å². The summed E-state index contributed by atoms with van der Waals surface area (Å²) in [5.74, 6) is 0. The van der Waals surface area contributed by atoms with Crippen LogP contribution in [-0.2, 0) is 0 Å². The van der Waals surface area contributed by atoms with Crippen molar-refractivity contribution in [2.24, 2.45) is 0 Å². The Bertz CT molecular complexity index is 6210. The molecule has 0 atom stereocenters. The standard InChI is InChI=1S/C93H63B3N4/c1-58-48-59(2)93(60(3)49-58)94(61-24-20-28-65(50-61)97-85-44-16-8-36-73(85)77-54-79-75-38-10-18-46-87(75)99(91(79)56-89(77)97)67-30-22-26-63(52-67)95-81-40-12-4-32-69(81)70-33-5-13-41-82(70)95)62-25-21-29-66(51-62)98-86-45-17-9-37-74(86)78-55-80-76-39-11-19-47-88(76)100(92(80)57-90(78)98)68-31-23-27-64(53-68)96-83-42-14-6-34-71(83)72-35-7-15-43-84(72)96/h4-57H,1-3H3. The van der Waals surface area contributed by atoms with Crippen LogP contribution in [0.3, 0.4) is 0 Å². The fraction of sp³-hybridized carbons (Fsp3) is 0.0323. The topological polar surface area (TPSA) is 19.7 Å². The van der Waals surface area contributed by atoms with E-state index < -0.39 is 0 Å². The molecule has 0 spiro atoms. The second kappa shape index (κ2) is 21.9. The highest BCUT2D eigenvalue weighted by Crippen LogP contribution is 2.42. The third kappa shape index (κ3) is 8.33. The second-order valence-corrected chi connectivity index (χ2v) is 28.0. The molecule has 0 saturated carbocycles. The molecule has 0 amide bonds. The van der Waals surface area contributed by atoms with E-state index in [1.807, 2.05) is 0 Å². The van der Waals surface area contributed by atoms with Gasteiger partial charge in [-0.3, -0.25) is 0 Å². The summed E-state index contributed by atoms with van der Waals surface area (Å²) in [6.07, 6.45) is 0. The summed E-state index contributed by atoms with van der Waals surface area (Å²) in [5.41, 5.74) is 35.0. The molecule has 0 fully saturated rings. The van der Waals surface area contributed by atoms with E-state index in [0.717, 1.165) is 22.7 Å². The van der Waals surface area contributed by atoms with E-state index in [1.54, 1.807) is 0 Å². The van der Waals surface area contributed by atoms with Gasteiger partial charge in [-0.15, -0.1) is 0 Å². The summed E-state index contributed by atoms with van der Waals surface area (Å²) in [5, 5.41) is 9.90. The van der Waals surface area contributed by atoms with E-state index in [1.165, 1.54) is 175 Å². The Morgan fingerprint density at radius 2 is 0.520 bits per heavy atom. The molecule has 2 aliphatic rings. The minimum atomic E-state index is -0.109. The van der Waals surface area contributed by atoms with Crippen LogP contribution < -0.4 is 49.2 Å². The lowest BCUT2D eigenvalue weighted by atomic mass is 9.35. The van der Waals surface area contributed by atoms with Crippen molar-refractivity contribution in [3.63, 3.8) is 0 Å². The van der Waals surface area contributed by atoms with Crippen LogP contribution in [-0.4, -0.2) is 38.4 Å². The highest BCUT2D eigenvalue weighted by Gasteiger charge is 2.36. The fourth-order valence-electron chi connectivity index (χ4n) is 18.6. The summed E-state index contributed by atoms with van der Waals surface area (Å²) in [6, 6.07) is 124. The molecule has 21 rings (SSSR count). The van der Waals surface area contributed by atoms with Gasteiger partial charge in [-0.25, -0.2) is 0 Å². The normalized spacial score (nSPS) is 12.5. The van der Waals surface area contributed by atoms with Crippen molar-refractivity contribution in [2.45, 2.75) is 20.8 Å². The third-order valence-corrected chi connectivity index (χ3v) is 22.5. The smallest absolute Gasteiger partial charge is 0.242 e. The van der Waals surface area contributed by atoms with Crippen molar-refractivity contribution < 1.29 is 0 Å². The highest BCUT2D eigenvalue weighted by atomic mass is 15.0. The molecule has 0 bridgehead atoms. The van der Waals surface area contributed by atoms with Crippen LogP contribution in [0.15, 0.2) is 328 Å². The number of aryl methyl sites for hydroxylation is 3. The first-order valence-electron chi connectivity index (χ1n) is 35.1. The Hall–Kier alpha value is -12.3. The molecule has 0 unspecified atom stereocenters. The molecule has 0 radical (unpaired) electrons. The number of benzene rings is 15. The van der Waals surface area contributed by atoms with Gasteiger partial charge in [0.15, 0.2) is 0 Å². The molecule has 464 valence electrons. The highest BCUT2D eigenvalue weighted by molar-refractivity contribution is 7.00. The minimum Gasteiger partial charge on any atom is -0.309 e. The average Bonchev–Trinajstić information content (AvgIpc) is 1.56. The zero-order valence-electron chi connectivity index (χ0n) is 55.7. The van der Waals surface area contributed by atoms with E-state index in [4.69, 9.17) is 0 Å². The molecule has 15 aromatic carbocycles. The van der Waals surface area contributed by atoms with Crippen LogP contribution in [0.2, 0.25) is 0 Å². The molecular formula is C93H63B3N4. The Labute approximate surface area is 581 Å². The Morgan fingerprint density at radius 1 is 0.230 bits per heavy atom. The van der Waals surface area contributed by atoms with Crippen molar-refractivity contribution >= 4 is 157 Å². The van der Waals surface area contributed by atoms with Gasteiger partial charge in [-0.05, 0) is 140 Å². The zero-order chi connectivity index (χ0) is 66.0. The summed E-state index contributed by atoms with van der Waals surface area (Å²) in [4.78, 5) is 0. The number of hydrogen-bond acceptors (Lipinski definition) is 0. The Morgan fingerprint density at radius 3 is 0.860 bits per heavy atom. The molecule has 6 heterocycles. The van der Waals surface area contributed by atoms with E-state index in [0.29, 0.717) is 0 Å². The lowest BCUT2D eigenvalue weighted by Gasteiger charge is -2.23. The quantitative estimate of drug-likeness (QED) is 0.128. The molecule has 100 heavy (non-hydrogen) atoms. The van der Waals surface area contributed by atoms with E-state index >= 15 is 0 Å². The van der Waals surface area contributed by atoms with Crippen LogP contribution in [0.5, 0.6) is 0 Å². The third-order valence-electron chi connectivity index (χ3n) is 22.5. The predicted octanol–water partition coefficient (Wildman–Crippen LogP) is 16.5. The lowest BCUT2D eigenvalue weighted by Crippen LogP contribution is -2.54. The summed E-state index contributed by atoms with van der Waals surface area (Å²) < 4.78 is 10.1. The molecule has 0 aliphatic carbocycles. The molecule has 2 aliphatic heterocycles. The minimum absolute atomic E-state index is 0.109. The molecule has 0 saturated heterocycles. The SMILES string of the molecule is Cc1cc(C)c(B(c2cccc(-n3c4ccccc4c4cc5c6ccccc6n(-c6cccc(B7c8ccccc8-c8ccccc87)c6)c5cc43)c2)c2cccc(-n3c4ccccc4c4cc5c6ccccc6n(-c6cccc(B7c8ccccc8-c8ccccc87)c6)c5cc43)c2)c(C)c1. The van der Waals surface area contributed by atoms with Crippen LogP contribution in [0.4, 0.5) is 0 Å². The van der Waals surface area contributed by atoms with Crippen LogP contribution >= 0.6 is 0 Å².